The number of hydrogen-bond acceptors (Lipinski definition) is 4. The highest BCUT2D eigenvalue weighted by Crippen LogP contribution is 2.20. The zero-order valence-corrected chi connectivity index (χ0v) is 22.9. The van der Waals surface area contributed by atoms with Crippen LogP contribution in [0.5, 0.6) is 11.5 Å². The summed E-state index contributed by atoms with van der Waals surface area (Å²) < 4.78 is 12.2. The Morgan fingerprint density at radius 3 is 1.36 bits per heavy atom. The van der Waals surface area contributed by atoms with Gasteiger partial charge in [0.1, 0.15) is 24.2 Å². The number of unbranched alkanes of at least 4 members (excludes halogenated alkanes) is 15. The molecule has 2 rings (SSSR count). The third-order valence-corrected chi connectivity index (χ3v) is 6.88. The van der Waals surface area contributed by atoms with Crippen LogP contribution in [-0.2, 0) is 0 Å². The molecule has 4 nitrogen and oxygen atoms in total. The van der Waals surface area contributed by atoms with Crippen LogP contribution < -0.4 is 20.9 Å². The lowest BCUT2D eigenvalue weighted by molar-refractivity contribution is 0.118. The largest absolute Gasteiger partial charge is 0.490 e. The smallest absolute Gasteiger partial charge is 0.133 e. The Kier molecular flexibility index (Phi) is 16.4. The molecular weight excluding hydrogens is 444 g/mol. The second kappa shape index (κ2) is 19.8. The number of nitrogen functional groups attached to an aromatic ring is 2. The van der Waals surface area contributed by atoms with Crippen molar-refractivity contribution in [2.24, 2.45) is 0 Å². The highest BCUT2D eigenvalue weighted by atomic mass is 16.5. The minimum Gasteiger partial charge on any atom is -0.490 e. The number of benzene rings is 2. The van der Waals surface area contributed by atoms with Crippen molar-refractivity contribution in [3.8, 4) is 11.5 Å². The van der Waals surface area contributed by atoms with Crippen molar-refractivity contribution in [2.45, 2.75) is 122 Å². The Labute approximate surface area is 221 Å². The molecule has 2 aromatic carbocycles. The number of anilines is 2. The van der Waals surface area contributed by atoms with Gasteiger partial charge >= 0.3 is 0 Å². The summed E-state index contributed by atoms with van der Waals surface area (Å²) in [4.78, 5) is 0. The van der Waals surface area contributed by atoms with Crippen molar-refractivity contribution in [1.29, 1.82) is 0 Å². The van der Waals surface area contributed by atoms with Gasteiger partial charge in [-0.15, -0.1) is 0 Å². The van der Waals surface area contributed by atoms with Crippen molar-refractivity contribution >= 4 is 11.4 Å². The molecule has 4 heteroatoms. The minimum absolute atomic E-state index is 0.0119. The van der Waals surface area contributed by atoms with E-state index in [1.165, 1.54) is 96.3 Å². The predicted octanol–water partition coefficient (Wildman–Crippen LogP) is 9.33. The monoisotopic (exact) mass is 496 g/mol. The summed E-state index contributed by atoms with van der Waals surface area (Å²) in [6.07, 6.45) is 23.1. The first-order valence-corrected chi connectivity index (χ1v) is 14.7. The van der Waals surface area contributed by atoms with E-state index >= 15 is 0 Å². The average Bonchev–Trinajstić information content (AvgIpc) is 2.89. The zero-order chi connectivity index (χ0) is 25.7. The normalized spacial score (nSPS) is 11.9. The van der Waals surface area contributed by atoms with Crippen LogP contribution in [0.3, 0.4) is 0 Å². The summed E-state index contributed by atoms with van der Waals surface area (Å²) in [7, 11) is 0. The average molecular weight is 497 g/mol. The topological polar surface area (TPSA) is 70.5 Å². The van der Waals surface area contributed by atoms with E-state index in [9.17, 15) is 0 Å². The van der Waals surface area contributed by atoms with E-state index in [4.69, 9.17) is 20.9 Å². The van der Waals surface area contributed by atoms with Gasteiger partial charge in [-0.2, -0.15) is 0 Å². The summed E-state index contributed by atoms with van der Waals surface area (Å²) in [5.74, 6) is 1.66. The molecule has 0 aliphatic heterocycles. The van der Waals surface area contributed by atoms with Gasteiger partial charge in [0, 0.05) is 11.4 Å². The van der Waals surface area contributed by atoms with Crippen molar-refractivity contribution in [3.05, 3.63) is 48.5 Å². The molecule has 0 fully saturated rings. The molecular formula is C32H52N2O2. The van der Waals surface area contributed by atoms with Crippen LogP contribution >= 0.6 is 0 Å². The molecule has 1 atom stereocenters. The molecule has 4 N–H and O–H groups in total. The fraction of sp³-hybridized carbons (Fsp3) is 0.625. The van der Waals surface area contributed by atoms with E-state index < -0.39 is 0 Å². The maximum Gasteiger partial charge on any atom is 0.133 e. The summed E-state index contributed by atoms with van der Waals surface area (Å²) in [5, 5.41) is 0. The molecule has 1 unspecified atom stereocenters. The number of nitrogens with two attached hydrogens (primary N) is 2. The van der Waals surface area contributed by atoms with Crippen LogP contribution in [-0.4, -0.2) is 12.7 Å². The number of hydrogen-bond donors (Lipinski definition) is 2. The van der Waals surface area contributed by atoms with Crippen LogP contribution in [0.1, 0.15) is 116 Å². The summed E-state index contributed by atoms with van der Waals surface area (Å²) in [6, 6.07) is 15.2. The first-order valence-electron chi connectivity index (χ1n) is 14.7. The first kappa shape index (κ1) is 29.9. The molecule has 0 spiro atoms. The summed E-state index contributed by atoms with van der Waals surface area (Å²) in [6.45, 7) is 2.81. The molecule has 0 saturated carbocycles. The molecule has 0 radical (unpaired) electrons. The maximum atomic E-state index is 6.23. The fourth-order valence-corrected chi connectivity index (χ4v) is 4.59. The molecule has 0 saturated heterocycles. The highest BCUT2D eigenvalue weighted by molar-refractivity contribution is 5.42. The summed E-state index contributed by atoms with van der Waals surface area (Å²) in [5.41, 5.74) is 13.1. The van der Waals surface area contributed by atoms with Crippen molar-refractivity contribution in [3.63, 3.8) is 0 Å². The second-order valence-corrected chi connectivity index (χ2v) is 10.3. The van der Waals surface area contributed by atoms with Gasteiger partial charge < -0.3 is 20.9 Å². The van der Waals surface area contributed by atoms with E-state index in [2.05, 4.69) is 6.92 Å². The van der Waals surface area contributed by atoms with E-state index in [0.717, 1.165) is 35.7 Å². The minimum atomic E-state index is 0.0119. The van der Waals surface area contributed by atoms with Gasteiger partial charge in [-0.25, -0.2) is 0 Å². The highest BCUT2D eigenvalue weighted by Gasteiger charge is 2.12. The predicted molar refractivity (Wildman–Crippen MR) is 156 cm³/mol. The van der Waals surface area contributed by atoms with Gasteiger partial charge in [-0.05, 0) is 61.4 Å². The van der Waals surface area contributed by atoms with E-state index in [1.807, 2.05) is 48.5 Å². The van der Waals surface area contributed by atoms with Gasteiger partial charge in [0.2, 0.25) is 0 Å². The Morgan fingerprint density at radius 1 is 0.528 bits per heavy atom. The lowest BCUT2D eigenvalue weighted by Crippen LogP contribution is -2.25. The van der Waals surface area contributed by atoms with Gasteiger partial charge in [0.05, 0.1) is 0 Å². The number of ether oxygens (including phenoxy) is 2. The quantitative estimate of drug-likeness (QED) is 0.126. The van der Waals surface area contributed by atoms with Gasteiger partial charge in [0.15, 0.2) is 0 Å². The van der Waals surface area contributed by atoms with E-state index in [1.54, 1.807) is 0 Å². The second-order valence-electron chi connectivity index (χ2n) is 10.3. The molecule has 36 heavy (non-hydrogen) atoms. The van der Waals surface area contributed by atoms with Crippen LogP contribution in [0.25, 0.3) is 0 Å². The van der Waals surface area contributed by atoms with Gasteiger partial charge in [0.25, 0.3) is 0 Å². The van der Waals surface area contributed by atoms with E-state index in [0.29, 0.717) is 6.61 Å². The summed E-state index contributed by atoms with van der Waals surface area (Å²) >= 11 is 0. The third kappa shape index (κ3) is 14.9. The van der Waals surface area contributed by atoms with Gasteiger partial charge in [-0.1, -0.05) is 103 Å². The lowest BCUT2D eigenvalue weighted by atomic mass is 10.0. The van der Waals surface area contributed by atoms with Crippen LogP contribution in [0, 0.1) is 0 Å². The van der Waals surface area contributed by atoms with E-state index in [-0.39, 0.29) is 6.10 Å². The molecule has 202 valence electrons. The first-order chi connectivity index (χ1) is 17.7. The van der Waals surface area contributed by atoms with Crippen molar-refractivity contribution < 1.29 is 9.47 Å². The molecule has 0 bridgehead atoms. The number of rotatable bonds is 22. The SMILES string of the molecule is CCCCCCCCCCCCCCCCCCC(COc1ccc(N)cc1)Oc1ccc(N)cc1. The Hall–Kier alpha value is -2.36. The van der Waals surface area contributed by atoms with Crippen LogP contribution in [0.15, 0.2) is 48.5 Å². The Morgan fingerprint density at radius 2 is 0.917 bits per heavy atom. The van der Waals surface area contributed by atoms with Crippen molar-refractivity contribution in [1.82, 2.24) is 0 Å². The van der Waals surface area contributed by atoms with Crippen LogP contribution in [0.4, 0.5) is 11.4 Å². The standard InChI is InChI=1S/C32H52N2O2/c1-2-3-4-5-6-7-8-9-10-11-12-13-14-15-16-17-18-32(36-31-25-21-29(34)22-26-31)27-35-30-23-19-28(33)20-24-30/h19-26,32H,2-18,27,33-34H2,1H3. The Balaban J connectivity index is 1.53. The maximum absolute atomic E-state index is 6.23. The third-order valence-electron chi connectivity index (χ3n) is 6.88. The fourth-order valence-electron chi connectivity index (χ4n) is 4.59. The van der Waals surface area contributed by atoms with Crippen molar-refractivity contribution in [2.75, 3.05) is 18.1 Å². The molecule has 2 aromatic rings. The molecule has 0 aliphatic rings. The molecule has 0 heterocycles. The molecule has 0 aliphatic carbocycles. The van der Waals surface area contributed by atoms with Crippen LogP contribution in [0.2, 0.25) is 0 Å². The molecule has 0 aromatic heterocycles. The van der Waals surface area contributed by atoms with Gasteiger partial charge in [-0.3, -0.25) is 0 Å². The Bertz CT molecular complexity index is 761. The molecule has 0 amide bonds. The zero-order valence-electron chi connectivity index (χ0n) is 22.9. The lowest BCUT2D eigenvalue weighted by Gasteiger charge is -2.20.